The maximum atomic E-state index is 5.84. The monoisotopic (exact) mass is 263 g/mol. The highest BCUT2D eigenvalue weighted by Gasteiger charge is 2.33. The summed E-state index contributed by atoms with van der Waals surface area (Å²) in [5.41, 5.74) is 1.33. The number of benzene rings is 1. The zero-order valence-corrected chi connectivity index (χ0v) is 12.2. The van der Waals surface area contributed by atoms with Crippen LogP contribution in [0.1, 0.15) is 38.3 Å². The maximum Gasteiger partial charge on any atom is 0.118 e. The van der Waals surface area contributed by atoms with E-state index in [-0.39, 0.29) is 0 Å². The normalized spacial score (nSPS) is 24.4. The minimum Gasteiger partial charge on any atom is -0.497 e. The summed E-state index contributed by atoms with van der Waals surface area (Å²) in [6, 6.07) is 8.78. The number of hydrogen-bond acceptors (Lipinski definition) is 3. The number of methoxy groups -OCH3 is 1. The summed E-state index contributed by atoms with van der Waals surface area (Å²) in [6.45, 7) is 6.23. The van der Waals surface area contributed by atoms with Crippen LogP contribution in [-0.2, 0) is 4.74 Å². The van der Waals surface area contributed by atoms with Crippen molar-refractivity contribution in [1.29, 1.82) is 0 Å². The molecule has 1 aliphatic heterocycles. The lowest BCUT2D eigenvalue weighted by Crippen LogP contribution is -2.32. The molecule has 106 valence electrons. The van der Waals surface area contributed by atoms with Gasteiger partial charge < -0.3 is 14.8 Å². The van der Waals surface area contributed by atoms with Gasteiger partial charge in [-0.05, 0) is 37.1 Å². The average Bonchev–Trinajstić information content (AvgIpc) is 2.93. The SMILES string of the molecule is CCNC(c1ccc(OC)cc1)C1CCOC1CC. The van der Waals surface area contributed by atoms with Gasteiger partial charge in [0.15, 0.2) is 0 Å². The molecule has 1 aliphatic rings. The third-order valence-electron chi connectivity index (χ3n) is 3.99. The lowest BCUT2D eigenvalue weighted by atomic mass is 9.86. The third kappa shape index (κ3) is 3.28. The Hall–Kier alpha value is -1.06. The zero-order valence-electron chi connectivity index (χ0n) is 12.2. The Balaban J connectivity index is 2.18. The fourth-order valence-corrected chi connectivity index (χ4v) is 3.01. The van der Waals surface area contributed by atoms with E-state index in [0.29, 0.717) is 18.1 Å². The van der Waals surface area contributed by atoms with Crippen molar-refractivity contribution >= 4 is 0 Å². The Labute approximate surface area is 116 Å². The standard InChI is InChI=1S/C16H25NO2/c1-4-15-14(10-11-19-15)16(17-5-2)12-6-8-13(18-3)9-7-12/h6-9,14-17H,4-5,10-11H2,1-3H3. The summed E-state index contributed by atoms with van der Waals surface area (Å²) in [5.74, 6) is 1.48. The average molecular weight is 263 g/mol. The van der Waals surface area contributed by atoms with Gasteiger partial charge in [0.1, 0.15) is 5.75 Å². The predicted octanol–water partition coefficient (Wildman–Crippen LogP) is 3.16. The topological polar surface area (TPSA) is 30.5 Å². The van der Waals surface area contributed by atoms with E-state index >= 15 is 0 Å². The van der Waals surface area contributed by atoms with Crippen LogP contribution >= 0.6 is 0 Å². The van der Waals surface area contributed by atoms with Crippen LogP contribution in [0.2, 0.25) is 0 Å². The molecule has 0 spiro atoms. The van der Waals surface area contributed by atoms with E-state index in [1.165, 1.54) is 5.56 Å². The van der Waals surface area contributed by atoms with Gasteiger partial charge in [-0.1, -0.05) is 26.0 Å². The van der Waals surface area contributed by atoms with Gasteiger partial charge in [0.25, 0.3) is 0 Å². The van der Waals surface area contributed by atoms with E-state index in [4.69, 9.17) is 9.47 Å². The first-order chi connectivity index (χ1) is 9.30. The van der Waals surface area contributed by atoms with E-state index in [2.05, 4.69) is 31.3 Å². The van der Waals surface area contributed by atoms with E-state index in [0.717, 1.165) is 31.7 Å². The molecule has 1 heterocycles. The number of rotatable bonds is 6. The van der Waals surface area contributed by atoms with Crippen LogP contribution in [0, 0.1) is 5.92 Å². The quantitative estimate of drug-likeness (QED) is 0.855. The molecule has 3 heteroatoms. The van der Waals surface area contributed by atoms with Gasteiger partial charge in [-0.15, -0.1) is 0 Å². The van der Waals surface area contributed by atoms with Gasteiger partial charge in [0, 0.05) is 18.6 Å². The minimum atomic E-state index is 0.378. The predicted molar refractivity (Wildman–Crippen MR) is 77.5 cm³/mol. The molecule has 2 rings (SSSR count). The molecule has 0 aromatic heterocycles. The first-order valence-electron chi connectivity index (χ1n) is 7.29. The summed E-state index contributed by atoms with van der Waals surface area (Å²) in [5, 5.41) is 3.62. The van der Waals surface area contributed by atoms with Gasteiger partial charge in [0.05, 0.1) is 13.2 Å². The lowest BCUT2D eigenvalue weighted by molar-refractivity contribution is 0.0776. The van der Waals surface area contributed by atoms with Crippen molar-refractivity contribution in [3.63, 3.8) is 0 Å². The highest BCUT2D eigenvalue weighted by molar-refractivity contribution is 5.29. The van der Waals surface area contributed by atoms with Gasteiger partial charge >= 0.3 is 0 Å². The van der Waals surface area contributed by atoms with Gasteiger partial charge in [0.2, 0.25) is 0 Å². The van der Waals surface area contributed by atoms with Gasteiger partial charge in [-0.2, -0.15) is 0 Å². The fourth-order valence-electron chi connectivity index (χ4n) is 3.01. The van der Waals surface area contributed by atoms with Gasteiger partial charge in [-0.3, -0.25) is 0 Å². The minimum absolute atomic E-state index is 0.378. The first kappa shape index (κ1) is 14.4. The van der Waals surface area contributed by atoms with Crippen molar-refractivity contribution in [2.24, 2.45) is 5.92 Å². The van der Waals surface area contributed by atoms with Crippen molar-refractivity contribution in [2.75, 3.05) is 20.3 Å². The van der Waals surface area contributed by atoms with E-state index in [1.54, 1.807) is 7.11 Å². The first-order valence-corrected chi connectivity index (χ1v) is 7.29. The van der Waals surface area contributed by atoms with E-state index < -0.39 is 0 Å². The van der Waals surface area contributed by atoms with Crippen molar-refractivity contribution in [3.8, 4) is 5.75 Å². The molecule has 1 N–H and O–H groups in total. The summed E-state index contributed by atoms with van der Waals surface area (Å²) in [6.07, 6.45) is 2.61. The van der Waals surface area contributed by atoms with Crippen LogP contribution in [0.4, 0.5) is 0 Å². The molecular formula is C16H25NO2. The molecule has 3 atom stereocenters. The molecule has 0 amide bonds. The Morgan fingerprint density at radius 3 is 2.63 bits per heavy atom. The highest BCUT2D eigenvalue weighted by Crippen LogP contribution is 2.35. The van der Waals surface area contributed by atoms with Crippen LogP contribution in [0.15, 0.2) is 24.3 Å². The molecule has 0 aliphatic carbocycles. The summed E-state index contributed by atoms with van der Waals surface area (Å²) in [4.78, 5) is 0. The van der Waals surface area contributed by atoms with Crippen molar-refractivity contribution in [1.82, 2.24) is 5.32 Å². The van der Waals surface area contributed by atoms with Crippen LogP contribution in [0.25, 0.3) is 0 Å². The van der Waals surface area contributed by atoms with Crippen LogP contribution in [0.3, 0.4) is 0 Å². The summed E-state index contributed by atoms with van der Waals surface area (Å²) >= 11 is 0. The lowest BCUT2D eigenvalue weighted by Gasteiger charge is -2.28. The Bertz CT molecular complexity index is 377. The highest BCUT2D eigenvalue weighted by atomic mass is 16.5. The molecule has 1 fully saturated rings. The molecule has 0 saturated carbocycles. The van der Waals surface area contributed by atoms with E-state index in [9.17, 15) is 0 Å². The number of ether oxygens (including phenoxy) is 2. The Kier molecular flexibility index (Phi) is 5.23. The molecule has 0 radical (unpaired) electrons. The number of hydrogen-bond donors (Lipinski definition) is 1. The van der Waals surface area contributed by atoms with Crippen LogP contribution in [0.5, 0.6) is 5.75 Å². The Morgan fingerprint density at radius 1 is 1.32 bits per heavy atom. The fraction of sp³-hybridized carbons (Fsp3) is 0.625. The largest absolute Gasteiger partial charge is 0.497 e. The van der Waals surface area contributed by atoms with Crippen molar-refractivity contribution < 1.29 is 9.47 Å². The van der Waals surface area contributed by atoms with Crippen LogP contribution in [-0.4, -0.2) is 26.4 Å². The second-order valence-corrected chi connectivity index (χ2v) is 5.08. The molecule has 3 unspecified atom stereocenters. The molecule has 1 aromatic carbocycles. The summed E-state index contributed by atoms with van der Waals surface area (Å²) < 4.78 is 11.1. The second-order valence-electron chi connectivity index (χ2n) is 5.08. The van der Waals surface area contributed by atoms with Gasteiger partial charge in [-0.25, -0.2) is 0 Å². The number of nitrogens with one attached hydrogen (secondary N) is 1. The zero-order chi connectivity index (χ0) is 13.7. The maximum absolute atomic E-state index is 5.84. The van der Waals surface area contributed by atoms with E-state index in [1.807, 2.05) is 12.1 Å². The molecule has 1 aromatic rings. The molecular weight excluding hydrogens is 238 g/mol. The third-order valence-corrected chi connectivity index (χ3v) is 3.99. The van der Waals surface area contributed by atoms with Crippen molar-refractivity contribution in [3.05, 3.63) is 29.8 Å². The Morgan fingerprint density at radius 2 is 2.05 bits per heavy atom. The molecule has 3 nitrogen and oxygen atoms in total. The van der Waals surface area contributed by atoms with Crippen LogP contribution < -0.4 is 10.1 Å². The smallest absolute Gasteiger partial charge is 0.118 e. The summed E-state index contributed by atoms with van der Waals surface area (Å²) in [7, 11) is 1.70. The molecule has 19 heavy (non-hydrogen) atoms. The molecule has 0 bridgehead atoms. The van der Waals surface area contributed by atoms with Crippen molar-refractivity contribution in [2.45, 2.75) is 38.8 Å². The molecule has 1 saturated heterocycles. The second kappa shape index (κ2) is 6.92.